The van der Waals surface area contributed by atoms with Gasteiger partial charge in [-0.25, -0.2) is 4.39 Å². The number of halogens is 1. The van der Waals surface area contributed by atoms with Crippen molar-refractivity contribution < 1.29 is 14.6 Å². The molecular weight excluding hydrogens is 227 g/mol. The largest absolute Gasteiger partial charge is 0.392 e. The quantitative estimate of drug-likeness (QED) is 0.800. The lowest BCUT2D eigenvalue weighted by molar-refractivity contribution is 0.189. The molecule has 16 heavy (non-hydrogen) atoms. The summed E-state index contributed by atoms with van der Waals surface area (Å²) in [4.78, 5) is 0.684. The van der Waals surface area contributed by atoms with Crippen molar-refractivity contribution >= 4 is 11.8 Å². The smallest absolute Gasteiger partial charge is 0.130 e. The molecule has 0 radical (unpaired) electrons. The van der Waals surface area contributed by atoms with Crippen LogP contribution in [0.5, 0.6) is 0 Å². The lowest BCUT2D eigenvalue weighted by Gasteiger charge is -2.18. The monoisotopic (exact) mass is 244 g/mol. The van der Waals surface area contributed by atoms with E-state index in [1.807, 2.05) is 6.92 Å². The second kappa shape index (κ2) is 5.66. The molecule has 0 amide bonds. The molecule has 0 aromatic heterocycles. The average molecular weight is 244 g/mol. The zero-order valence-electron chi connectivity index (χ0n) is 9.64. The summed E-state index contributed by atoms with van der Waals surface area (Å²) in [5, 5.41) is 18.9. The van der Waals surface area contributed by atoms with Crippen LogP contribution in [-0.4, -0.2) is 21.6 Å². The van der Waals surface area contributed by atoms with E-state index < -0.39 is 18.0 Å². The van der Waals surface area contributed by atoms with Crippen molar-refractivity contribution in [3.63, 3.8) is 0 Å². The second-order valence-corrected chi connectivity index (χ2v) is 5.31. The van der Waals surface area contributed by atoms with E-state index in [9.17, 15) is 14.6 Å². The van der Waals surface area contributed by atoms with Crippen LogP contribution in [-0.2, 0) is 0 Å². The van der Waals surface area contributed by atoms with Gasteiger partial charge < -0.3 is 10.2 Å². The highest BCUT2D eigenvalue weighted by molar-refractivity contribution is 8.00. The molecule has 0 bridgehead atoms. The Labute approximate surface area is 99.5 Å². The van der Waals surface area contributed by atoms with Crippen LogP contribution in [0.4, 0.5) is 4.39 Å². The number of hydrogen-bond acceptors (Lipinski definition) is 3. The number of thioether (sulfide) groups is 1. The van der Waals surface area contributed by atoms with Gasteiger partial charge in [-0.3, -0.25) is 0 Å². The van der Waals surface area contributed by atoms with Gasteiger partial charge >= 0.3 is 0 Å². The zero-order chi connectivity index (χ0) is 12.3. The predicted octanol–water partition coefficient (Wildman–Crippen LogP) is 2.74. The van der Waals surface area contributed by atoms with Crippen LogP contribution < -0.4 is 0 Å². The van der Waals surface area contributed by atoms with Crippen molar-refractivity contribution in [1.82, 2.24) is 0 Å². The van der Waals surface area contributed by atoms with Gasteiger partial charge in [0.05, 0.1) is 12.2 Å². The van der Waals surface area contributed by atoms with E-state index in [0.717, 1.165) is 0 Å². The molecule has 1 aromatic rings. The molecule has 0 aliphatic carbocycles. The van der Waals surface area contributed by atoms with Gasteiger partial charge in [0, 0.05) is 15.7 Å². The Kier molecular flexibility index (Phi) is 4.77. The molecule has 2 N–H and O–H groups in total. The van der Waals surface area contributed by atoms with Gasteiger partial charge in [0.2, 0.25) is 0 Å². The topological polar surface area (TPSA) is 40.5 Å². The zero-order valence-corrected chi connectivity index (χ0v) is 10.5. The van der Waals surface area contributed by atoms with E-state index in [-0.39, 0.29) is 5.25 Å². The minimum absolute atomic E-state index is 0.0423. The van der Waals surface area contributed by atoms with Crippen molar-refractivity contribution in [2.45, 2.75) is 43.1 Å². The fourth-order valence-electron chi connectivity index (χ4n) is 1.32. The van der Waals surface area contributed by atoms with Crippen LogP contribution in [0.2, 0.25) is 0 Å². The molecular formula is C12H17FO2S. The van der Waals surface area contributed by atoms with E-state index in [1.165, 1.54) is 24.8 Å². The van der Waals surface area contributed by atoms with Crippen molar-refractivity contribution in [2.75, 3.05) is 0 Å². The fourth-order valence-corrected chi connectivity index (χ4v) is 2.47. The van der Waals surface area contributed by atoms with Crippen LogP contribution in [0.15, 0.2) is 23.1 Å². The number of aliphatic hydroxyl groups excluding tert-OH is 2. The van der Waals surface area contributed by atoms with E-state index in [2.05, 4.69) is 0 Å². The third-order valence-corrected chi connectivity index (χ3v) is 3.80. The van der Waals surface area contributed by atoms with Crippen LogP contribution in [0.3, 0.4) is 0 Å². The van der Waals surface area contributed by atoms with Crippen LogP contribution in [0.25, 0.3) is 0 Å². The second-order valence-electron chi connectivity index (χ2n) is 3.89. The Morgan fingerprint density at radius 3 is 2.31 bits per heavy atom. The van der Waals surface area contributed by atoms with E-state index in [4.69, 9.17) is 0 Å². The molecule has 4 heteroatoms. The Balaban J connectivity index is 2.99. The third-order valence-electron chi connectivity index (χ3n) is 2.42. The van der Waals surface area contributed by atoms with Gasteiger partial charge in [-0.1, -0.05) is 13.0 Å². The predicted molar refractivity (Wildman–Crippen MR) is 64.0 cm³/mol. The molecule has 0 spiro atoms. The molecule has 2 nitrogen and oxygen atoms in total. The fraction of sp³-hybridized carbons (Fsp3) is 0.500. The molecule has 0 saturated heterocycles. The van der Waals surface area contributed by atoms with E-state index >= 15 is 0 Å². The minimum atomic E-state index is -0.843. The van der Waals surface area contributed by atoms with Gasteiger partial charge in [-0.2, -0.15) is 0 Å². The van der Waals surface area contributed by atoms with Crippen LogP contribution in [0, 0.1) is 5.82 Å². The van der Waals surface area contributed by atoms with Gasteiger partial charge in [-0.15, -0.1) is 11.8 Å². The van der Waals surface area contributed by atoms with Crippen LogP contribution >= 0.6 is 11.8 Å². The average Bonchev–Trinajstić information content (AvgIpc) is 2.16. The number of aliphatic hydroxyl groups is 2. The number of hydrogen-bond donors (Lipinski definition) is 2. The van der Waals surface area contributed by atoms with Gasteiger partial charge in [0.25, 0.3) is 0 Å². The maximum absolute atomic E-state index is 13.5. The molecule has 0 aliphatic heterocycles. The maximum atomic E-state index is 13.5. The van der Waals surface area contributed by atoms with Gasteiger partial charge in [0.15, 0.2) is 0 Å². The summed E-state index contributed by atoms with van der Waals surface area (Å²) in [5.74, 6) is -0.405. The normalized spacial score (nSPS) is 16.9. The first-order valence-electron chi connectivity index (χ1n) is 5.24. The molecule has 0 fully saturated rings. The lowest BCUT2D eigenvalue weighted by atomic mass is 10.1. The summed E-state index contributed by atoms with van der Waals surface area (Å²) in [6.07, 6.45) is -1.32. The first-order chi connectivity index (χ1) is 7.43. The molecule has 2 unspecified atom stereocenters. The Hall–Kier alpha value is -0.580. The summed E-state index contributed by atoms with van der Waals surface area (Å²) < 4.78 is 13.5. The summed E-state index contributed by atoms with van der Waals surface area (Å²) in [7, 11) is 0. The Morgan fingerprint density at radius 2 is 1.81 bits per heavy atom. The lowest BCUT2D eigenvalue weighted by Crippen LogP contribution is -2.15. The minimum Gasteiger partial charge on any atom is -0.392 e. The van der Waals surface area contributed by atoms with Crippen LogP contribution in [0.1, 0.15) is 32.4 Å². The van der Waals surface area contributed by atoms with Crippen molar-refractivity contribution in [2.24, 2.45) is 0 Å². The molecule has 90 valence electrons. The first kappa shape index (κ1) is 13.5. The SMILES string of the molecule is CC(O)C(C)Sc1cccc(F)c1[C@@H](C)O. The molecule has 1 aromatic carbocycles. The van der Waals surface area contributed by atoms with Gasteiger partial charge in [0.1, 0.15) is 5.82 Å². The highest BCUT2D eigenvalue weighted by atomic mass is 32.2. The molecule has 0 heterocycles. The highest BCUT2D eigenvalue weighted by Gasteiger charge is 2.17. The van der Waals surface area contributed by atoms with E-state index in [1.54, 1.807) is 19.1 Å². The summed E-state index contributed by atoms with van der Waals surface area (Å²) in [6, 6.07) is 4.70. The standard InChI is InChI=1S/C12H17FO2S/c1-7(14)9(3)16-11-6-4-5-10(13)12(11)8(2)15/h4-9,14-15H,1-3H3/t7?,8-,9?/m1/s1. The van der Waals surface area contributed by atoms with E-state index in [0.29, 0.717) is 10.5 Å². The first-order valence-corrected chi connectivity index (χ1v) is 6.12. The third kappa shape index (κ3) is 3.20. The summed E-state index contributed by atoms with van der Waals surface area (Å²) in [5.41, 5.74) is 0.306. The summed E-state index contributed by atoms with van der Waals surface area (Å²) >= 11 is 1.37. The summed E-state index contributed by atoms with van der Waals surface area (Å²) in [6.45, 7) is 5.10. The number of rotatable bonds is 4. The van der Waals surface area contributed by atoms with Crippen molar-refractivity contribution in [3.05, 3.63) is 29.6 Å². The molecule has 3 atom stereocenters. The molecule has 1 rings (SSSR count). The van der Waals surface area contributed by atoms with Gasteiger partial charge in [-0.05, 0) is 26.0 Å². The number of benzene rings is 1. The highest BCUT2D eigenvalue weighted by Crippen LogP contribution is 2.33. The Bertz CT molecular complexity index is 353. The molecule has 0 aliphatic rings. The molecule has 0 saturated carbocycles. The Morgan fingerprint density at radius 1 is 1.19 bits per heavy atom. The van der Waals surface area contributed by atoms with Crippen molar-refractivity contribution in [3.8, 4) is 0 Å². The van der Waals surface area contributed by atoms with Crippen molar-refractivity contribution in [1.29, 1.82) is 0 Å². The maximum Gasteiger partial charge on any atom is 0.130 e.